The standard InChI is InChI=1S/C15H15N5OS2/c1-9-14(22-7-6-16)23-15(18-9)20-13(21)10-2-5-12(17-8-10)19-11-3-4-11/h2,5,8,11H,3-4,7H2,1H3,(H,17,19)(H,18,20,21). The highest BCUT2D eigenvalue weighted by molar-refractivity contribution is 8.01. The van der Waals surface area contributed by atoms with Gasteiger partial charge in [-0.15, -0.1) is 0 Å². The van der Waals surface area contributed by atoms with Crippen molar-refractivity contribution in [2.24, 2.45) is 0 Å². The smallest absolute Gasteiger partial charge is 0.259 e. The fraction of sp³-hybridized carbons (Fsp3) is 0.333. The summed E-state index contributed by atoms with van der Waals surface area (Å²) in [6.07, 6.45) is 3.92. The van der Waals surface area contributed by atoms with Crippen LogP contribution in [0.4, 0.5) is 10.9 Å². The molecule has 2 aromatic heterocycles. The molecule has 2 aromatic rings. The van der Waals surface area contributed by atoms with Crippen molar-refractivity contribution in [2.75, 3.05) is 16.4 Å². The van der Waals surface area contributed by atoms with Gasteiger partial charge in [-0.3, -0.25) is 10.1 Å². The maximum atomic E-state index is 12.2. The number of pyridine rings is 1. The number of anilines is 2. The molecule has 8 heteroatoms. The van der Waals surface area contributed by atoms with Gasteiger partial charge in [-0.2, -0.15) is 5.26 Å². The summed E-state index contributed by atoms with van der Waals surface area (Å²) >= 11 is 2.81. The highest BCUT2D eigenvalue weighted by Crippen LogP contribution is 2.32. The summed E-state index contributed by atoms with van der Waals surface area (Å²) in [5.41, 5.74) is 1.32. The van der Waals surface area contributed by atoms with Gasteiger partial charge in [0.15, 0.2) is 5.13 Å². The van der Waals surface area contributed by atoms with E-state index in [0.717, 1.165) is 15.7 Å². The number of carbonyl (C=O) groups excluding carboxylic acids is 1. The van der Waals surface area contributed by atoms with E-state index < -0.39 is 0 Å². The Bertz CT molecular complexity index is 746. The predicted octanol–water partition coefficient (Wildman–Crippen LogP) is 3.29. The SMILES string of the molecule is Cc1nc(NC(=O)c2ccc(NC3CC3)nc2)sc1SCC#N. The van der Waals surface area contributed by atoms with Crippen LogP contribution in [-0.4, -0.2) is 27.7 Å². The fourth-order valence-corrected chi connectivity index (χ4v) is 3.68. The van der Waals surface area contributed by atoms with Crippen LogP contribution in [0.2, 0.25) is 0 Å². The Morgan fingerprint density at radius 2 is 2.35 bits per heavy atom. The second-order valence-corrected chi connectivity index (χ2v) is 7.39. The summed E-state index contributed by atoms with van der Waals surface area (Å²) in [6.45, 7) is 1.87. The molecule has 0 aliphatic heterocycles. The van der Waals surface area contributed by atoms with E-state index in [9.17, 15) is 4.79 Å². The first-order valence-corrected chi connectivity index (χ1v) is 8.97. The number of thioether (sulfide) groups is 1. The number of aryl methyl sites for hydroxylation is 1. The molecule has 1 aliphatic rings. The van der Waals surface area contributed by atoms with Gasteiger partial charge in [0.25, 0.3) is 5.91 Å². The van der Waals surface area contributed by atoms with Gasteiger partial charge >= 0.3 is 0 Å². The van der Waals surface area contributed by atoms with E-state index in [1.54, 1.807) is 12.3 Å². The Hall–Kier alpha value is -2.11. The summed E-state index contributed by atoms with van der Waals surface area (Å²) in [6, 6.07) is 6.18. The highest BCUT2D eigenvalue weighted by Gasteiger charge is 2.21. The first-order valence-electron chi connectivity index (χ1n) is 7.17. The van der Waals surface area contributed by atoms with Gasteiger partial charge in [0.2, 0.25) is 0 Å². The molecule has 0 unspecified atom stereocenters. The van der Waals surface area contributed by atoms with E-state index >= 15 is 0 Å². The van der Waals surface area contributed by atoms with E-state index in [-0.39, 0.29) is 5.91 Å². The molecular formula is C15H15N5OS2. The second kappa shape index (κ2) is 6.98. The van der Waals surface area contributed by atoms with Crippen molar-refractivity contribution in [2.45, 2.75) is 30.0 Å². The number of rotatable bonds is 6. The van der Waals surface area contributed by atoms with Crippen molar-refractivity contribution >= 4 is 40.0 Å². The number of thiazole rings is 1. The van der Waals surface area contributed by atoms with Gasteiger partial charge in [0.05, 0.1) is 27.3 Å². The van der Waals surface area contributed by atoms with Crippen LogP contribution in [0.1, 0.15) is 28.9 Å². The third kappa shape index (κ3) is 4.21. The Morgan fingerprint density at radius 1 is 1.52 bits per heavy atom. The Morgan fingerprint density at radius 3 is 3.00 bits per heavy atom. The highest BCUT2D eigenvalue weighted by atomic mass is 32.2. The number of nitrogens with one attached hydrogen (secondary N) is 2. The minimum absolute atomic E-state index is 0.235. The van der Waals surface area contributed by atoms with Crippen molar-refractivity contribution in [1.29, 1.82) is 5.26 Å². The van der Waals surface area contributed by atoms with Crippen LogP contribution in [0.15, 0.2) is 22.5 Å². The maximum absolute atomic E-state index is 12.2. The molecule has 0 radical (unpaired) electrons. The van der Waals surface area contributed by atoms with Crippen molar-refractivity contribution in [3.8, 4) is 6.07 Å². The van der Waals surface area contributed by atoms with E-state index in [2.05, 4.69) is 26.7 Å². The van der Waals surface area contributed by atoms with Gasteiger partial charge in [-0.1, -0.05) is 23.1 Å². The van der Waals surface area contributed by atoms with Gasteiger partial charge in [-0.05, 0) is 31.9 Å². The summed E-state index contributed by atoms with van der Waals surface area (Å²) in [5, 5.41) is 15.2. The Labute approximate surface area is 142 Å². The predicted molar refractivity (Wildman–Crippen MR) is 92.0 cm³/mol. The monoisotopic (exact) mass is 345 g/mol. The molecule has 0 aromatic carbocycles. The quantitative estimate of drug-likeness (QED) is 0.781. The number of aromatic nitrogens is 2. The Balaban J connectivity index is 1.63. The summed E-state index contributed by atoms with van der Waals surface area (Å²) in [5.74, 6) is 0.931. The van der Waals surface area contributed by atoms with Crippen molar-refractivity contribution in [3.05, 3.63) is 29.6 Å². The number of nitriles is 1. The zero-order valence-corrected chi connectivity index (χ0v) is 14.1. The molecule has 2 heterocycles. The van der Waals surface area contributed by atoms with E-state index in [1.165, 1.54) is 35.9 Å². The number of nitrogens with zero attached hydrogens (tertiary/aromatic N) is 3. The third-order valence-electron chi connectivity index (χ3n) is 3.20. The average molecular weight is 345 g/mol. The molecule has 23 heavy (non-hydrogen) atoms. The van der Waals surface area contributed by atoms with Crippen molar-refractivity contribution < 1.29 is 4.79 Å². The van der Waals surface area contributed by atoms with Crippen LogP contribution in [0.25, 0.3) is 0 Å². The molecule has 1 fully saturated rings. The molecule has 0 spiro atoms. The van der Waals surface area contributed by atoms with Crippen molar-refractivity contribution in [1.82, 2.24) is 9.97 Å². The zero-order valence-electron chi connectivity index (χ0n) is 12.5. The normalized spacial score (nSPS) is 13.4. The van der Waals surface area contributed by atoms with Crippen molar-refractivity contribution in [3.63, 3.8) is 0 Å². The lowest BCUT2D eigenvalue weighted by Crippen LogP contribution is -2.12. The second-order valence-electron chi connectivity index (χ2n) is 5.14. The van der Waals surface area contributed by atoms with E-state index in [0.29, 0.717) is 22.5 Å². The largest absolute Gasteiger partial charge is 0.367 e. The van der Waals surface area contributed by atoms with Crippen LogP contribution in [0.5, 0.6) is 0 Å². The molecule has 0 atom stereocenters. The van der Waals surface area contributed by atoms with Crippen LogP contribution in [0, 0.1) is 18.3 Å². The molecule has 1 saturated carbocycles. The molecule has 3 rings (SSSR count). The molecule has 0 saturated heterocycles. The molecule has 1 aliphatic carbocycles. The lowest BCUT2D eigenvalue weighted by atomic mass is 10.2. The minimum Gasteiger partial charge on any atom is -0.367 e. The molecular weight excluding hydrogens is 330 g/mol. The molecule has 0 bridgehead atoms. The summed E-state index contributed by atoms with van der Waals surface area (Å²) in [4.78, 5) is 20.8. The average Bonchev–Trinajstić information content (AvgIpc) is 3.29. The maximum Gasteiger partial charge on any atom is 0.259 e. The number of hydrogen-bond donors (Lipinski definition) is 2. The van der Waals surface area contributed by atoms with Crippen LogP contribution in [-0.2, 0) is 0 Å². The summed E-state index contributed by atoms with van der Waals surface area (Å²) < 4.78 is 0.948. The zero-order chi connectivity index (χ0) is 16.2. The van der Waals surface area contributed by atoms with E-state index in [1.807, 2.05) is 13.0 Å². The molecule has 1 amide bonds. The molecule has 2 N–H and O–H groups in total. The Kier molecular flexibility index (Phi) is 4.79. The molecule has 118 valence electrons. The minimum atomic E-state index is -0.235. The first-order chi connectivity index (χ1) is 11.2. The first kappa shape index (κ1) is 15.8. The van der Waals surface area contributed by atoms with Gasteiger partial charge in [0.1, 0.15) is 5.82 Å². The lowest BCUT2D eigenvalue weighted by Gasteiger charge is -2.05. The third-order valence-corrected chi connectivity index (χ3v) is 5.50. The number of carbonyl (C=O) groups is 1. The number of amides is 1. The van der Waals surface area contributed by atoms with Gasteiger partial charge in [-0.25, -0.2) is 9.97 Å². The van der Waals surface area contributed by atoms with Crippen LogP contribution < -0.4 is 10.6 Å². The summed E-state index contributed by atoms with van der Waals surface area (Å²) in [7, 11) is 0. The van der Waals surface area contributed by atoms with Crippen LogP contribution >= 0.6 is 23.1 Å². The van der Waals surface area contributed by atoms with Crippen LogP contribution in [0.3, 0.4) is 0 Å². The molecule has 6 nitrogen and oxygen atoms in total. The number of hydrogen-bond acceptors (Lipinski definition) is 7. The lowest BCUT2D eigenvalue weighted by molar-refractivity contribution is 0.102. The van der Waals surface area contributed by atoms with Gasteiger partial charge in [0, 0.05) is 12.2 Å². The van der Waals surface area contributed by atoms with E-state index in [4.69, 9.17) is 5.26 Å². The topological polar surface area (TPSA) is 90.7 Å². The van der Waals surface area contributed by atoms with Gasteiger partial charge < -0.3 is 5.32 Å². The fourth-order valence-electron chi connectivity index (χ4n) is 1.89.